The Hall–Kier alpha value is -2.69. The number of hydrogen-bond donors (Lipinski definition) is 2. The minimum absolute atomic E-state index is 0.429. The van der Waals surface area contributed by atoms with E-state index in [2.05, 4.69) is 51.6 Å². The van der Waals surface area contributed by atoms with Crippen LogP contribution in [0.25, 0.3) is 0 Å². The van der Waals surface area contributed by atoms with Gasteiger partial charge in [0, 0.05) is 19.8 Å². The first-order valence-electron chi connectivity index (χ1n) is 7.56. The molecule has 1 unspecified atom stereocenters. The summed E-state index contributed by atoms with van der Waals surface area (Å²) in [7, 11) is 5.73. The van der Waals surface area contributed by atoms with Crippen LogP contribution in [0, 0.1) is 0 Å². The Balaban J connectivity index is 2.03. The van der Waals surface area contributed by atoms with Crippen LogP contribution < -0.4 is 20.7 Å². The third kappa shape index (κ3) is 2.70. The summed E-state index contributed by atoms with van der Waals surface area (Å²) in [6.45, 7) is 0.576. The molecule has 0 spiro atoms. The highest BCUT2D eigenvalue weighted by Gasteiger charge is 2.38. The third-order valence-electron chi connectivity index (χ3n) is 4.29. The van der Waals surface area contributed by atoms with Crippen molar-refractivity contribution < 1.29 is 4.74 Å². The molecular formula is C18H22N4O. The number of nitrogens with zero attached hydrogens (tertiary/aromatic N) is 2. The molecule has 5 nitrogen and oxygen atoms in total. The maximum absolute atomic E-state index is 5.93. The highest BCUT2D eigenvalue weighted by Crippen LogP contribution is 2.34. The Kier molecular flexibility index (Phi) is 3.86. The second-order valence-corrected chi connectivity index (χ2v) is 5.90. The first-order chi connectivity index (χ1) is 11.0. The number of nitrogens with two attached hydrogens (primary N) is 1. The summed E-state index contributed by atoms with van der Waals surface area (Å²) in [5.41, 5.74) is 8.90. The molecule has 1 heterocycles. The van der Waals surface area contributed by atoms with Gasteiger partial charge in [0.05, 0.1) is 13.7 Å². The summed E-state index contributed by atoms with van der Waals surface area (Å²) >= 11 is 0. The Morgan fingerprint density at radius 1 is 1.04 bits per heavy atom. The number of benzene rings is 2. The summed E-state index contributed by atoms with van der Waals surface area (Å²) < 4.78 is 5.25. The van der Waals surface area contributed by atoms with Gasteiger partial charge in [-0.1, -0.05) is 24.3 Å². The summed E-state index contributed by atoms with van der Waals surface area (Å²) in [5, 5.41) is 3.36. The van der Waals surface area contributed by atoms with Gasteiger partial charge in [-0.25, -0.2) is 0 Å². The zero-order chi connectivity index (χ0) is 16.4. The van der Waals surface area contributed by atoms with E-state index in [1.54, 1.807) is 7.11 Å². The van der Waals surface area contributed by atoms with Gasteiger partial charge in [-0.05, 0) is 35.4 Å². The van der Waals surface area contributed by atoms with Gasteiger partial charge in [0.2, 0.25) is 0 Å². The zero-order valence-electron chi connectivity index (χ0n) is 13.7. The van der Waals surface area contributed by atoms with E-state index in [4.69, 9.17) is 10.5 Å². The van der Waals surface area contributed by atoms with Crippen molar-refractivity contribution in [1.29, 1.82) is 0 Å². The minimum Gasteiger partial charge on any atom is -0.497 e. The average Bonchev–Trinajstić information content (AvgIpc) is 2.98. The van der Waals surface area contributed by atoms with Crippen LogP contribution in [0.15, 0.2) is 53.5 Å². The van der Waals surface area contributed by atoms with E-state index in [9.17, 15) is 0 Å². The lowest BCUT2D eigenvalue weighted by molar-refractivity contribution is 0.414. The zero-order valence-corrected chi connectivity index (χ0v) is 13.7. The largest absolute Gasteiger partial charge is 0.497 e. The number of methoxy groups -OCH3 is 1. The number of ether oxygens (including phenoxy) is 1. The molecule has 0 aromatic heterocycles. The summed E-state index contributed by atoms with van der Waals surface area (Å²) in [6, 6.07) is 16.5. The van der Waals surface area contributed by atoms with Gasteiger partial charge in [0.1, 0.15) is 11.3 Å². The van der Waals surface area contributed by atoms with E-state index in [-0.39, 0.29) is 0 Å². The first kappa shape index (κ1) is 15.2. The van der Waals surface area contributed by atoms with Crippen LogP contribution in [0.3, 0.4) is 0 Å². The van der Waals surface area contributed by atoms with Gasteiger partial charge < -0.3 is 20.7 Å². The molecule has 3 N–H and O–H groups in total. The molecule has 0 saturated heterocycles. The maximum Gasteiger partial charge on any atom is 0.189 e. The van der Waals surface area contributed by atoms with Crippen LogP contribution in [0.5, 0.6) is 5.75 Å². The maximum atomic E-state index is 5.93. The van der Waals surface area contributed by atoms with Crippen molar-refractivity contribution >= 4 is 11.6 Å². The van der Waals surface area contributed by atoms with Gasteiger partial charge in [-0.3, -0.25) is 4.99 Å². The number of nitrogens with one attached hydrogen (secondary N) is 1. The fourth-order valence-electron chi connectivity index (χ4n) is 2.91. The topological polar surface area (TPSA) is 62.9 Å². The molecule has 0 amide bonds. The molecule has 0 saturated carbocycles. The van der Waals surface area contributed by atoms with Gasteiger partial charge in [0.25, 0.3) is 0 Å². The predicted octanol–water partition coefficient (Wildman–Crippen LogP) is 1.92. The lowest BCUT2D eigenvalue weighted by atomic mass is 9.83. The van der Waals surface area contributed by atoms with Gasteiger partial charge in [-0.15, -0.1) is 0 Å². The highest BCUT2D eigenvalue weighted by molar-refractivity contribution is 5.82. The Morgan fingerprint density at radius 3 is 2.04 bits per heavy atom. The van der Waals surface area contributed by atoms with Crippen molar-refractivity contribution in [1.82, 2.24) is 5.32 Å². The number of anilines is 1. The molecule has 5 heteroatoms. The number of rotatable bonds is 4. The quantitative estimate of drug-likeness (QED) is 0.906. The van der Waals surface area contributed by atoms with E-state index < -0.39 is 5.54 Å². The number of hydrogen-bond acceptors (Lipinski definition) is 5. The Bertz CT molecular complexity index is 707. The average molecular weight is 310 g/mol. The van der Waals surface area contributed by atoms with Crippen molar-refractivity contribution in [2.45, 2.75) is 5.54 Å². The van der Waals surface area contributed by atoms with Crippen LogP contribution in [0.4, 0.5) is 5.69 Å². The summed E-state index contributed by atoms with van der Waals surface area (Å²) in [6.07, 6.45) is 0. The molecule has 1 atom stereocenters. The van der Waals surface area contributed by atoms with Crippen molar-refractivity contribution in [3.63, 3.8) is 0 Å². The van der Waals surface area contributed by atoms with Crippen LogP contribution in [0.2, 0.25) is 0 Å². The SMILES string of the molecule is COc1ccc(C2(c3ccc(N(C)C)cc3)CN=C(N)N2)cc1. The van der Waals surface area contributed by atoms with Crippen molar-refractivity contribution in [2.24, 2.45) is 10.7 Å². The third-order valence-corrected chi connectivity index (χ3v) is 4.29. The fourth-order valence-corrected chi connectivity index (χ4v) is 2.91. The standard InChI is InChI=1S/C18H22N4O/c1-22(2)15-8-4-13(5-9-15)18(12-20-17(19)21-18)14-6-10-16(23-3)11-7-14/h4-11H,12H2,1-3H3,(H3,19,20,21). The van der Waals surface area contributed by atoms with Crippen molar-refractivity contribution in [3.8, 4) is 5.75 Å². The smallest absolute Gasteiger partial charge is 0.189 e. The van der Waals surface area contributed by atoms with Crippen LogP contribution >= 0.6 is 0 Å². The molecule has 0 aliphatic carbocycles. The second-order valence-electron chi connectivity index (χ2n) is 5.90. The molecule has 0 fully saturated rings. The lowest BCUT2D eigenvalue weighted by Gasteiger charge is -2.31. The molecule has 0 bridgehead atoms. The molecule has 2 aromatic rings. The molecule has 0 radical (unpaired) electrons. The van der Waals surface area contributed by atoms with Gasteiger partial charge >= 0.3 is 0 Å². The van der Waals surface area contributed by atoms with Crippen LogP contribution in [0.1, 0.15) is 11.1 Å². The fraction of sp³-hybridized carbons (Fsp3) is 0.278. The summed E-state index contributed by atoms with van der Waals surface area (Å²) in [4.78, 5) is 6.46. The second kappa shape index (κ2) is 5.83. The first-order valence-corrected chi connectivity index (χ1v) is 7.56. The predicted molar refractivity (Wildman–Crippen MR) is 94.2 cm³/mol. The molecule has 23 heavy (non-hydrogen) atoms. The van der Waals surface area contributed by atoms with E-state index in [1.165, 1.54) is 0 Å². The Labute approximate surface area is 136 Å². The molecule has 3 rings (SSSR count). The van der Waals surface area contributed by atoms with Gasteiger partial charge in [0.15, 0.2) is 5.96 Å². The van der Waals surface area contributed by atoms with E-state index in [0.717, 1.165) is 22.6 Å². The number of guanidine groups is 1. The summed E-state index contributed by atoms with van der Waals surface area (Å²) in [5.74, 6) is 1.30. The van der Waals surface area contributed by atoms with Crippen LogP contribution in [-0.4, -0.2) is 33.7 Å². The van der Waals surface area contributed by atoms with Crippen molar-refractivity contribution in [2.75, 3.05) is 32.6 Å². The van der Waals surface area contributed by atoms with Crippen LogP contribution in [-0.2, 0) is 5.54 Å². The monoisotopic (exact) mass is 310 g/mol. The van der Waals surface area contributed by atoms with Crippen molar-refractivity contribution in [3.05, 3.63) is 59.7 Å². The minimum atomic E-state index is -0.429. The molecule has 1 aliphatic heterocycles. The van der Waals surface area contributed by atoms with E-state index in [1.807, 2.05) is 26.2 Å². The molecule has 120 valence electrons. The molecule has 2 aromatic carbocycles. The number of aliphatic imine (C=N–C) groups is 1. The van der Waals surface area contributed by atoms with Gasteiger partial charge in [-0.2, -0.15) is 0 Å². The normalized spacial score (nSPS) is 19.9. The lowest BCUT2D eigenvalue weighted by Crippen LogP contribution is -2.46. The Morgan fingerprint density at radius 2 is 1.61 bits per heavy atom. The molecular weight excluding hydrogens is 288 g/mol. The van der Waals surface area contributed by atoms with E-state index >= 15 is 0 Å². The highest BCUT2D eigenvalue weighted by atomic mass is 16.5. The molecule has 1 aliphatic rings. The van der Waals surface area contributed by atoms with E-state index in [0.29, 0.717) is 12.5 Å².